The lowest BCUT2D eigenvalue weighted by molar-refractivity contribution is -0.143. The summed E-state index contributed by atoms with van der Waals surface area (Å²) in [5, 5.41) is 0.920. The van der Waals surface area contributed by atoms with E-state index in [9.17, 15) is 31.1 Å². The molecular formula is C26H26F6N4O2. The molecule has 2 N–H and O–H groups in total. The molecule has 1 aliphatic rings. The van der Waals surface area contributed by atoms with Gasteiger partial charge in [-0.3, -0.25) is 15.1 Å². The van der Waals surface area contributed by atoms with Crippen molar-refractivity contribution < 1.29 is 36.0 Å². The first-order chi connectivity index (χ1) is 17.9. The highest BCUT2D eigenvalue weighted by Gasteiger charge is 2.39. The number of H-pyrrole nitrogens is 1. The molecule has 1 aliphatic heterocycles. The average Bonchev–Trinajstić information content (AvgIpc) is 3.25. The van der Waals surface area contributed by atoms with Crippen molar-refractivity contribution >= 4 is 16.8 Å². The van der Waals surface area contributed by atoms with Crippen LogP contribution in [0.1, 0.15) is 34.0 Å². The first-order valence-corrected chi connectivity index (χ1v) is 11.7. The monoisotopic (exact) mass is 540 g/mol. The number of carbonyl (C=O) groups is 1. The molecule has 1 saturated heterocycles. The van der Waals surface area contributed by atoms with E-state index < -0.39 is 41.0 Å². The van der Waals surface area contributed by atoms with Gasteiger partial charge in [0.15, 0.2) is 0 Å². The maximum absolute atomic E-state index is 13.5. The van der Waals surface area contributed by atoms with Gasteiger partial charge in [0.1, 0.15) is 0 Å². The lowest BCUT2D eigenvalue weighted by atomic mass is 9.99. The third-order valence-corrected chi connectivity index (χ3v) is 6.38. The molecule has 0 saturated carbocycles. The van der Waals surface area contributed by atoms with Crippen molar-refractivity contribution in [3.05, 3.63) is 82.8 Å². The molecule has 38 heavy (non-hydrogen) atoms. The molecule has 1 amide bonds. The Labute approximate surface area is 214 Å². The number of nitrogens with one attached hydrogen (secondary N) is 2. The fourth-order valence-corrected chi connectivity index (χ4v) is 4.70. The van der Waals surface area contributed by atoms with Gasteiger partial charge in [-0.1, -0.05) is 18.2 Å². The molecule has 4 rings (SSSR count). The van der Waals surface area contributed by atoms with E-state index in [-0.39, 0.29) is 12.6 Å². The topological polar surface area (TPSA) is 60.6 Å². The molecule has 0 spiro atoms. The predicted octanol–water partition coefficient (Wildman–Crippen LogP) is 5.59. The number of hydroxylamine groups is 1. The van der Waals surface area contributed by atoms with Crippen LogP contribution in [-0.4, -0.2) is 53.5 Å². The highest BCUT2D eigenvalue weighted by atomic mass is 19.4. The van der Waals surface area contributed by atoms with E-state index >= 15 is 0 Å². The molecule has 3 aromatic rings. The van der Waals surface area contributed by atoms with E-state index in [2.05, 4.69) is 10.5 Å². The largest absolute Gasteiger partial charge is 0.416 e. The fraction of sp³-hybridized carbons (Fsp3) is 0.346. The van der Waals surface area contributed by atoms with Gasteiger partial charge in [0, 0.05) is 48.5 Å². The number of halogens is 6. The molecule has 6 nitrogen and oxygen atoms in total. The number of fused-ring (bicyclic) bond motifs is 1. The Morgan fingerprint density at radius 2 is 1.74 bits per heavy atom. The van der Waals surface area contributed by atoms with Crippen LogP contribution in [0.2, 0.25) is 0 Å². The second-order valence-corrected chi connectivity index (χ2v) is 9.12. The molecular weight excluding hydrogens is 514 g/mol. The van der Waals surface area contributed by atoms with Crippen molar-refractivity contribution in [3.63, 3.8) is 0 Å². The number of aromatic nitrogens is 1. The summed E-state index contributed by atoms with van der Waals surface area (Å²) in [5.41, 5.74) is 1.44. The zero-order chi connectivity index (χ0) is 27.7. The van der Waals surface area contributed by atoms with Gasteiger partial charge in [0.05, 0.1) is 30.0 Å². The van der Waals surface area contributed by atoms with Crippen molar-refractivity contribution in [1.29, 1.82) is 0 Å². The number of amides is 1. The zero-order valence-electron chi connectivity index (χ0n) is 20.6. The van der Waals surface area contributed by atoms with Crippen LogP contribution >= 0.6 is 0 Å². The lowest BCUT2D eigenvalue weighted by Gasteiger charge is -2.41. The number of hydrogen-bond acceptors (Lipinski definition) is 4. The molecule has 2 heterocycles. The summed E-state index contributed by atoms with van der Waals surface area (Å²) in [7, 11) is 1.46. The average molecular weight is 541 g/mol. The van der Waals surface area contributed by atoms with Crippen LogP contribution in [0.15, 0.2) is 60.6 Å². The van der Waals surface area contributed by atoms with E-state index in [1.807, 2.05) is 29.2 Å². The smallest absolute Gasteiger partial charge is 0.372 e. The van der Waals surface area contributed by atoms with Gasteiger partial charge in [0.2, 0.25) is 0 Å². The van der Waals surface area contributed by atoms with Crippen LogP contribution in [0, 0.1) is 0 Å². The third kappa shape index (κ3) is 6.07. The van der Waals surface area contributed by atoms with E-state index in [4.69, 9.17) is 4.84 Å². The highest BCUT2D eigenvalue weighted by Crippen LogP contribution is 2.37. The summed E-state index contributed by atoms with van der Waals surface area (Å²) in [4.78, 5) is 24.9. The number of allylic oxidation sites excluding steroid dienone is 1. The van der Waals surface area contributed by atoms with Gasteiger partial charge in [-0.2, -0.15) is 26.3 Å². The summed E-state index contributed by atoms with van der Waals surface area (Å²) in [5.74, 6) is -0.887. The maximum Gasteiger partial charge on any atom is 0.416 e. The number of alkyl halides is 6. The molecule has 204 valence electrons. The Kier molecular flexibility index (Phi) is 7.63. The lowest BCUT2D eigenvalue weighted by Crippen LogP contribution is -2.54. The van der Waals surface area contributed by atoms with E-state index in [0.29, 0.717) is 37.3 Å². The van der Waals surface area contributed by atoms with Gasteiger partial charge in [-0.05, 0) is 43.2 Å². The molecule has 0 unspecified atom stereocenters. The SMILES string of the molecule is CONC(C)=CN1CCN(C(=O)c2cc(C(F)(F)F)cc(C(F)(F)F)c2)[C@H](Cc2c[nH]c3ccccc23)C1. The number of carbonyl (C=O) groups excluding carboxylic acids is 1. The second-order valence-electron chi connectivity index (χ2n) is 9.12. The number of hydrogen-bond donors (Lipinski definition) is 2. The standard InChI is InChI=1S/C26H26F6N4O2/c1-16(34-38-2)14-35-7-8-36(21(15-35)11-18-13-33-23-6-4-3-5-22(18)23)24(37)17-9-19(25(27,28)29)12-20(10-17)26(30,31)32/h3-6,9-10,12-14,21,33-34H,7-8,11,15H2,1-2H3/t21-/m1/s1. The summed E-state index contributed by atoms with van der Waals surface area (Å²) < 4.78 is 80.6. The van der Waals surface area contributed by atoms with Gasteiger partial charge in [0.25, 0.3) is 5.91 Å². The van der Waals surface area contributed by atoms with Crippen LogP contribution in [-0.2, 0) is 23.6 Å². The number of benzene rings is 2. The molecule has 1 atom stereocenters. The normalized spacial score (nSPS) is 17.3. The van der Waals surface area contributed by atoms with Crippen molar-refractivity contribution in [2.75, 3.05) is 26.7 Å². The Balaban J connectivity index is 1.70. The highest BCUT2D eigenvalue weighted by molar-refractivity contribution is 5.95. The Hall–Kier alpha value is -3.67. The fourth-order valence-electron chi connectivity index (χ4n) is 4.70. The first-order valence-electron chi connectivity index (χ1n) is 11.7. The van der Waals surface area contributed by atoms with Crippen molar-refractivity contribution in [2.45, 2.75) is 31.7 Å². The Bertz CT molecular complexity index is 1300. The molecule has 1 fully saturated rings. The number of para-hydroxylation sites is 1. The number of piperazine rings is 1. The minimum atomic E-state index is -5.05. The molecule has 1 aromatic heterocycles. The minimum absolute atomic E-state index is 0.0223. The summed E-state index contributed by atoms with van der Waals surface area (Å²) in [6.07, 6.45) is -6.17. The molecule has 0 aliphatic carbocycles. The summed E-state index contributed by atoms with van der Waals surface area (Å²) in [6.45, 7) is 2.50. The molecule has 0 bridgehead atoms. The van der Waals surface area contributed by atoms with Gasteiger partial charge < -0.3 is 14.8 Å². The van der Waals surface area contributed by atoms with Crippen LogP contribution < -0.4 is 5.48 Å². The molecule has 12 heteroatoms. The van der Waals surface area contributed by atoms with Crippen LogP contribution in [0.3, 0.4) is 0 Å². The van der Waals surface area contributed by atoms with Crippen LogP contribution in [0.4, 0.5) is 26.3 Å². The number of nitrogens with zero attached hydrogens (tertiary/aromatic N) is 2. The van der Waals surface area contributed by atoms with Crippen LogP contribution in [0.5, 0.6) is 0 Å². The Morgan fingerprint density at radius 1 is 1.08 bits per heavy atom. The van der Waals surface area contributed by atoms with E-state index in [1.165, 1.54) is 12.0 Å². The first kappa shape index (κ1) is 27.4. The maximum atomic E-state index is 13.5. The number of rotatable bonds is 6. The second kappa shape index (κ2) is 10.6. The zero-order valence-corrected chi connectivity index (χ0v) is 20.6. The number of aromatic amines is 1. The van der Waals surface area contributed by atoms with Crippen molar-refractivity contribution in [1.82, 2.24) is 20.3 Å². The van der Waals surface area contributed by atoms with Gasteiger partial charge in [-0.25, -0.2) is 0 Å². The summed E-state index contributed by atoms with van der Waals surface area (Å²) in [6, 6.07) is 7.98. The van der Waals surface area contributed by atoms with Crippen molar-refractivity contribution in [2.24, 2.45) is 0 Å². The van der Waals surface area contributed by atoms with E-state index in [1.54, 1.807) is 19.3 Å². The minimum Gasteiger partial charge on any atom is -0.372 e. The van der Waals surface area contributed by atoms with Crippen molar-refractivity contribution in [3.8, 4) is 0 Å². The Morgan fingerprint density at radius 3 is 2.37 bits per heavy atom. The van der Waals surface area contributed by atoms with Crippen LogP contribution in [0.25, 0.3) is 10.9 Å². The summed E-state index contributed by atoms with van der Waals surface area (Å²) >= 11 is 0. The molecule has 2 aromatic carbocycles. The quantitative estimate of drug-likeness (QED) is 0.316. The van der Waals surface area contributed by atoms with Gasteiger partial charge in [-0.15, -0.1) is 0 Å². The molecule has 0 radical (unpaired) electrons. The predicted molar refractivity (Wildman–Crippen MR) is 129 cm³/mol. The van der Waals surface area contributed by atoms with Gasteiger partial charge >= 0.3 is 12.4 Å². The third-order valence-electron chi connectivity index (χ3n) is 6.38. The van der Waals surface area contributed by atoms with E-state index in [0.717, 1.165) is 16.5 Å².